The Kier molecular flexibility index (Phi) is 6.28. The number of aromatic carboxylic acids is 1. The highest BCUT2D eigenvalue weighted by Crippen LogP contribution is 2.30. The molecule has 2 aromatic rings. The maximum absolute atomic E-state index is 13.1. The molecule has 150 valence electrons. The molecule has 0 saturated carbocycles. The molecule has 1 aliphatic rings. The molecule has 3 rings (SSSR count). The van der Waals surface area contributed by atoms with Crippen molar-refractivity contribution in [1.82, 2.24) is 4.90 Å². The van der Waals surface area contributed by atoms with E-state index in [-0.39, 0.29) is 17.9 Å². The fraction of sp³-hybridized carbons (Fsp3) is 0.200. The van der Waals surface area contributed by atoms with E-state index < -0.39 is 22.9 Å². The second-order valence-corrected chi connectivity index (χ2v) is 7.36. The Morgan fingerprint density at radius 2 is 2.00 bits per heavy atom. The second kappa shape index (κ2) is 8.87. The number of nitrogens with one attached hydrogen (secondary N) is 1. The molecule has 0 spiro atoms. The van der Waals surface area contributed by atoms with Crippen LogP contribution in [-0.4, -0.2) is 44.8 Å². The lowest BCUT2D eigenvalue weighted by Crippen LogP contribution is -2.45. The van der Waals surface area contributed by atoms with Crippen LogP contribution in [0.15, 0.2) is 53.5 Å². The van der Waals surface area contributed by atoms with Gasteiger partial charge in [-0.3, -0.25) is 14.5 Å². The number of benzene rings is 2. The molecule has 1 fully saturated rings. The van der Waals surface area contributed by atoms with Crippen LogP contribution in [0.2, 0.25) is 0 Å². The summed E-state index contributed by atoms with van der Waals surface area (Å²) in [6.45, 7) is 2.19. The molecule has 2 N–H and O–H groups in total. The van der Waals surface area contributed by atoms with Gasteiger partial charge < -0.3 is 10.4 Å². The van der Waals surface area contributed by atoms with Gasteiger partial charge in [-0.15, -0.1) is 0 Å². The molecule has 1 aliphatic heterocycles. The number of rotatable bonds is 5. The number of thioether (sulfide) groups is 1. The fourth-order valence-electron chi connectivity index (χ4n) is 2.73. The van der Waals surface area contributed by atoms with E-state index in [2.05, 4.69) is 10.3 Å². The van der Waals surface area contributed by atoms with Crippen LogP contribution >= 0.6 is 11.8 Å². The van der Waals surface area contributed by atoms with E-state index in [1.165, 1.54) is 47.4 Å². The molecule has 7 nitrogen and oxygen atoms in total. The third-order valence-corrected chi connectivity index (χ3v) is 5.36. The number of hydrogen-bond acceptors (Lipinski definition) is 5. The van der Waals surface area contributed by atoms with Crippen molar-refractivity contribution in [3.8, 4) is 0 Å². The van der Waals surface area contributed by atoms with Gasteiger partial charge >= 0.3 is 5.97 Å². The number of aliphatic imine (C=N–C) groups is 1. The van der Waals surface area contributed by atoms with E-state index in [0.29, 0.717) is 23.1 Å². The Morgan fingerprint density at radius 1 is 1.28 bits per heavy atom. The van der Waals surface area contributed by atoms with Gasteiger partial charge in [0.2, 0.25) is 11.8 Å². The van der Waals surface area contributed by atoms with Gasteiger partial charge in [0.05, 0.1) is 11.3 Å². The summed E-state index contributed by atoms with van der Waals surface area (Å²) < 4.78 is 13.1. The van der Waals surface area contributed by atoms with Crippen LogP contribution in [0.3, 0.4) is 0 Å². The Balaban J connectivity index is 1.80. The maximum atomic E-state index is 13.1. The van der Waals surface area contributed by atoms with Crippen molar-refractivity contribution in [3.63, 3.8) is 0 Å². The molecule has 1 unspecified atom stereocenters. The highest BCUT2D eigenvalue weighted by Gasteiger charge is 2.35. The molecule has 0 bridgehead atoms. The average molecular weight is 415 g/mol. The van der Waals surface area contributed by atoms with Gasteiger partial charge in [0.25, 0.3) is 0 Å². The zero-order valence-corrected chi connectivity index (χ0v) is 16.3. The van der Waals surface area contributed by atoms with Gasteiger partial charge in [-0.25, -0.2) is 14.2 Å². The predicted molar refractivity (Wildman–Crippen MR) is 109 cm³/mol. The SMILES string of the molecule is CCN1C(=O)CC(C(=O)Nc2cccc(C(=O)O)c2)SC1=Nc1ccc(F)cc1. The summed E-state index contributed by atoms with van der Waals surface area (Å²) in [4.78, 5) is 42.1. The first kappa shape index (κ1) is 20.5. The van der Waals surface area contributed by atoms with E-state index in [4.69, 9.17) is 5.11 Å². The number of carboxylic acid groups (broad SMARTS) is 1. The Labute approximate surface area is 170 Å². The first-order valence-corrected chi connectivity index (χ1v) is 9.71. The summed E-state index contributed by atoms with van der Waals surface area (Å²) in [6.07, 6.45) is -0.00853. The van der Waals surface area contributed by atoms with Gasteiger partial charge in [-0.05, 0) is 49.4 Å². The van der Waals surface area contributed by atoms with Crippen molar-refractivity contribution in [3.05, 3.63) is 59.9 Å². The lowest BCUT2D eigenvalue weighted by molar-refractivity contribution is -0.129. The third-order valence-electron chi connectivity index (χ3n) is 4.18. The second-order valence-electron chi connectivity index (χ2n) is 6.19. The van der Waals surface area contributed by atoms with Crippen molar-refractivity contribution < 1.29 is 23.9 Å². The van der Waals surface area contributed by atoms with E-state index in [1.54, 1.807) is 13.0 Å². The van der Waals surface area contributed by atoms with Crippen molar-refractivity contribution in [1.29, 1.82) is 0 Å². The molecule has 0 radical (unpaired) electrons. The van der Waals surface area contributed by atoms with Gasteiger partial charge in [0.1, 0.15) is 11.1 Å². The molecule has 29 heavy (non-hydrogen) atoms. The number of carbonyl (C=O) groups excluding carboxylic acids is 2. The van der Waals surface area contributed by atoms with Crippen LogP contribution in [0.5, 0.6) is 0 Å². The Bertz CT molecular complexity index is 978. The van der Waals surface area contributed by atoms with Crippen molar-refractivity contribution in [2.45, 2.75) is 18.6 Å². The Hall–Kier alpha value is -3.20. The molecule has 9 heteroatoms. The number of amidine groups is 1. The molecular weight excluding hydrogens is 397 g/mol. The molecule has 0 aromatic heterocycles. The van der Waals surface area contributed by atoms with Gasteiger partial charge in [0.15, 0.2) is 5.17 Å². The van der Waals surface area contributed by atoms with E-state index in [1.807, 2.05) is 0 Å². The zero-order valence-electron chi connectivity index (χ0n) is 15.5. The van der Waals surface area contributed by atoms with Crippen LogP contribution < -0.4 is 5.32 Å². The minimum atomic E-state index is -1.10. The normalized spacial score (nSPS) is 18.0. The van der Waals surface area contributed by atoms with Gasteiger partial charge in [-0.1, -0.05) is 17.8 Å². The standard InChI is InChI=1S/C20H18FN3O4S/c1-2-24-17(25)11-16(29-20(24)23-14-8-6-13(21)7-9-14)18(26)22-15-5-3-4-12(10-15)19(27)28/h3-10,16H,2,11H2,1H3,(H,22,26)(H,27,28). The van der Waals surface area contributed by atoms with Gasteiger partial charge in [-0.2, -0.15) is 0 Å². The van der Waals surface area contributed by atoms with E-state index in [0.717, 1.165) is 11.8 Å². The van der Waals surface area contributed by atoms with Crippen LogP contribution in [0.1, 0.15) is 23.7 Å². The average Bonchev–Trinajstić information content (AvgIpc) is 2.69. The number of carboxylic acids is 1. The zero-order chi connectivity index (χ0) is 21.0. The minimum absolute atomic E-state index is 0.00853. The van der Waals surface area contributed by atoms with E-state index in [9.17, 15) is 18.8 Å². The van der Waals surface area contributed by atoms with Crippen LogP contribution in [0, 0.1) is 5.82 Å². The first-order valence-electron chi connectivity index (χ1n) is 8.83. The molecule has 0 aliphatic carbocycles. The van der Waals surface area contributed by atoms with Crippen molar-refractivity contribution in [2.75, 3.05) is 11.9 Å². The highest BCUT2D eigenvalue weighted by molar-refractivity contribution is 8.15. The Morgan fingerprint density at radius 3 is 2.66 bits per heavy atom. The smallest absolute Gasteiger partial charge is 0.335 e. The fourth-order valence-corrected chi connectivity index (χ4v) is 3.89. The number of anilines is 1. The summed E-state index contributed by atoms with van der Waals surface area (Å²) in [5.74, 6) is -2.16. The number of halogens is 1. The van der Waals surface area contributed by atoms with Crippen molar-refractivity contribution >= 4 is 46.1 Å². The summed E-state index contributed by atoms with van der Waals surface area (Å²) in [5, 5.41) is 11.4. The van der Waals surface area contributed by atoms with Crippen LogP contribution in [-0.2, 0) is 9.59 Å². The molecule has 1 heterocycles. The summed E-state index contributed by atoms with van der Waals surface area (Å²) in [6, 6.07) is 11.4. The molecule has 1 atom stereocenters. The van der Waals surface area contributed by atoms with Crippen molar-refractivity contribution in [2.24, 2.45) is 4.99 Å². The third kappa shape index (κ3) is 5.00. The number of hydrogen-bond donors (Lipinski definition) is 2. The molecule has 2 amide bonds. The topological polar surface area (TPSA) is 99.1 Å². The number of amides is 2. The van der Waals surface area contributed by atoms with Crippen LogP contribution in [0.4, 0.5) is 15.8 Å². The predicted octanol–water partition coefficient (Wildman–Crippen LogP) is 3.50. The first-order chi connectivity index (χ1) is 13.9. The molecule has 2 aromatic carbocycles. The van der Waals surface area contributed by atoms with Crippen LogP contribution in [0.25, 0.3) is 0 Å². The highest BCUT2D eigenvalue weighted by atomic mass is 32.2. The monoisotopic (exact) mass is 415 g/mol. The quantitative estimate of drug-likeness (QED) is 0.779. The molecular formula is C20H18FN3O4S. The maximum Gasteiger partial charge on any atom is 0.335 e. The summed E-state index contributed by atoms with van der Waals surface area (Å²) >= 11 is 1.14. The lowest BCUT2D eigenvalue weighted by atomic mass is 10.2. The van der Waals surface area contributed by atoms with Gasteiger partial charge in [0, 0.05) is 18.7 Å². The van der Waals surface area contributed by atoms with E-state index >= 15 is 0 Å². The summed E-state index contributed by atoms with van der Waals surface area (Å²) in [7, 11) is 0. The number of carbonyl (C=O) groups is 3. The lowest BCUT2D eigenvalue weighted by Gasteiger charge is -2.30. The summed E-state index contributed by atoms with van der Waals surface area (Å²) in [5.41, 5.74) is 0.846. The largest absolute Gasteiger partial charge is 0.478 e. The minimum Gasteiger partial charge on any atom is -0.478 e. The molecule has 1 saturated heterocycles. The number of nitrogens with zero attached hydrogens (tertiary/aromatic N) is 2.